The van der Waals surface area contributed by atoms with Crippen molar-refractivity contribution in [2.45, 2.75) is 0 Å². The van der Waals surface area contributed by atoms with Gasteiger partial charge in [-0.25, -0.2) is 18.0 Å². The summed E-state index contributed by atoms with van der Waals surface area (Å²) in [5.74, 6) is -1.97. The molecule has 0 saturated carbocycles. The number of amides is 2. The summed E-state index contributed by atoms with van der Waals surface area (Å²) < 4.78 is 41.0. The van der Waals surface area contributed by atoms with Crippen LogP contribution in [0.2, 0.25) is 0 Å². The van der Waals surface area contributed by atoms with Crippen LogP contribution in [0.3, 0.4) is 0 Å². The van der Waals surface area contributed by atoms with Crippen molar-refractivity contribution in [3.63, 3.8) is 0 Å². The number of urea groups is 1. The van der Waals surface area contributed by atoms with Gasteiger partial charge in [-0.15, -0.1) is 0 Å². The van der Waals surface area contributed by atoms with Crippen LogP contribution in [0.1, 0.15) is 0 Å². The Morgan fingerprint density at radius 1 is 0.833 bits per heavy atom. The van der Waals surface area contributed by atoms with E-state index in [1.807, 2.05) is 4.90 Å². The number of rotatable bonds is 2. The summed E-state index contributed by atoms with van der Waals surface area (Å²) >= 11 is 0. The lowest BCUT2D eigenvalue weighted by Crippen LogP contribution is -2.50. The Balaban J connectivity index is 1.62. The number of hydrogen-bond donors (Lipinski definition) is 1. The van der Waals surface area contributed by atoms with Crippen molar-refractivity contribution in [3.8, 4) is 0 Å². The van der Waals surface area contributed by atoms with Crippen molar-refractivity contribution in [3.05, 3.63) is 59.9 Å². The summed E-state index contributed by atoms with van der Waals surface area (Å²) in [6, 6.07) is 9.24. The zero-order valence-corrected chi connectivity index (χ0v) is 12.8. The van der Waals surface area contributed by atoms with E-state index in [0.29, 0.717) is 31.9 Å². The summed E-state index contributed by atoms with van der Waals surface area (Å²) in [7, 11) is 0. The topological polar surface area (TPSA) is 35.6 Å². The minimum atomic E-state index is -0.826. The molecule has 1 fully saturated rings. The average molecular weight is 335 g/mol. The number of piperazine rings is 1. The third-order valence-corrected chi connectivity index (χ3v) is 3.95. The lowest BCUT2D eigenvalue weighted by Gasteiger charge is -2.36. The van der Waals surface area contributed by atoms with Crippen LogP contribution in [0.15, 0.2) is 42.5 Å². The maximum Gasteiger partial charge on any atom is 0.322 e. The second-order valence-corrected chi connectivity index (χ2v) is 5.45. The molecule has 0 atom stereocenters. The Morgan fingerprint density at radius 2 is 1.42 bits per heavy atom. The minimum Gasteiger partial charge on any atom is -0.366 e. The molecular formula is C17H16F3N3O. The highest BCUT2D eigenvalue weighted by atomic mass is 19.1. The van der Waals surface area contributed by atoms with E-state index in [0.717, 1.165) is 12.1 Å². The summed E-state index contributed by atoms with van der Waals surface area (Å²) in [6.07, 6.45) is 0. The van der Waals surface area contributed by atoms with Gasteiger partial charge in [-0.2, -0.15) is 0 Å². The molecule has 1 saturated heterocycles. The zero-order chi connectivity index (χ0) is 17.1. The number of para-hydroxylation sites is 2. The van der Waals surface area contributed by atoms with Crippen LogP contribution in [-0.2, 0) is 0 Å². The number of benzene rings is 2. The third-order valence-electron chi connectivity index (χ3n) is 3.95. The molecule has 1 heterocycles. The van der Waals surface area contributed by atoms with Crippen molar-refractivity contribution in [1.82, 2.24) is 4.90 Å². The molecule has 24 heavy (non-hydrogen) atoms. The van der Waals surface area contributed by atoms with Gasteiger partial charge in [-0.1, -0.05) is 18.2 Å². The Bertz CT molecular complexity index is 725. The standard InChI is InChI=1S/C17H16F3N3O/c18-12-4-1-2-7-15(12)22-8-10-23(11-9-22)17(24)21-16-13(19)5-3-6-14(16)20/h1-7H,8-11H2,(H,21,24). The molecule has 1 aliphatic heterocycles. The van der Waals surface area contributed by atoms with Gasteiger partial charge in [0.2, 0.25) is 0 Å². The van der Waals surface area contributed by atoms with Crippen molar-refractivity contribution >= 4 is 17.4 Å². The number of anilines is 2. The summed E-state index contributed by atoms with van der Waals surface area (Å²) in [4.78, 5) is 15.5. The Hall–Kier alpha value is -2.70. The maximum atomic E-state index is 13.8. The van der Waals surface area contributed by atoms with E-state index in [1.165, 1.54) is 17.0 Å². The van der Waals surface area contributed by atoms with E-state index in [2.05, 4.69) is 5.32 Å². The highest BCUT2D eigenvalue weighted by molar-refractivity contribution is 5.89. The van der Waals surface area contributed by atoms with Crippen LogP contribution in [0.25, 0.3) is 0 Å². The summed E-state index contributed by atoms with van der Waals surface area (Å²) in [5, 5.41) is 2.26. The predicted molar refractivity (Wildman–Crippen MR) is 85.6 cm³/mol. The molecule has 0 aliphatic carbocycles. The van der Waals surface area contributed by atoms with E-state index in [-0.39, 0.29) is 5.82 Å². The number of carbonyl (C=O) groups is 1. The van der Waals surface area contributed by atoms with Crippen LogP contribution in [0.4, 0.5) is 29.3 Å². The lowest BCUT2D eigenvalue weighted by atomic mass is 10.2. The molecule has 4 nitrogen and oxygen atoms in total. The van der Waals surface area contributed by atoms with Crippen molar-refractivity contribution in [2.75, 3.05) is 36.4 Å². The van der Waals surface area contributed by atoms with Gasteiger partial charge in [0.1, 0.15) is 23.1 Å². The van der Waals surface area contributed by atoms with Crippen molar-refractivity contribution in [1.29, 1.82) is 0 Å². The monoisotopic (exact) mass is 335 g/mol. The normalized spacial score (nSPS) is 14.6. The first-order valence-electron chi connectivity index (χ1n) is 7.55. The Kier molecular flexibility index (Phi) is 4.59. The van der Waals surface area contributed by atoms with E-state index in [9.17, 15) is 18.0 Å². The molecule has 7 heteroatoms. The second kappa shape index (κ2) is 6.82. The van der Waals surface area contributed by atoms with Gasteiger partial charge in [-0.3, -0.25) is 0 Å². The zero-order valence-electron chi connectivity index (χ0n) is 12.8. The number of carbonyl (C=O) groups excluding carboxylic acids is 1. The molecule has 0 radical (unpaired) electrons. The molecule has 0 aromatic heterocycles. The van der Waals surface area contributed by atoms with Gasteiger partial charge in [0.15, 0.2) is 0 Å². The first-order chi connectivity index (χ1) is 11.6. The Labute approximate surface area is 137 Å². The quantitative estimate of drug-likeness (QED) is 0.912. The number of hydrogen-bond acceptors (Lipinski definition) is 2. The largest absolute Gasteiger partial charge is 0.366 e. The van der Waals surface area contributed by atoms with E-state index in [1.54, 1.807) is 18.2 Å². The van der Waals surface area contributed by atoms with Crippen LogP contribution >= 0.6 is 0 Å². The van der Waals surface area contributed by atoms with Gasteiger partial charge in [0.05, 0.1) is 5.69 Å². The number of nitrogens with one attached hydrogen (secondary N) is 1. The van der Waals surface area contributed by atoms with Gasteiger partial charge in [0, 0.05) is 26.2 Å². The molecule has 2 aromatic carbocycles. The molecule has 126 valence electrons. The molecule has 1 aliphatic rings. The molecule has 1 N–H and O–H groups in total. The average Bonchev–Trinajstić information content (AvgIpc) is 2.59. The molecule has 0 unspecified atom stereocenters. The summed E-state index contributed by atoms with van der Waals surface area (Å²) in [6.45, 7) is 1.54. The Morgan fingerprint density at radius 3 is 2.04 bits per heavy atom. The molecule has 0 spiro atoms. The van der Waals surface area contributed by atoms with Crippen LogP contribution in [-0.4, -0.2) is 37.1 Å². The first kappa shape index (κ1) is 16.2. The number of halogens is 3. The van der Waals surface area contributed by atoms with Gasteiger partial charge in [-0.05, 0) is 24.3 Å². The van der Waals surface area contributed by atoms with E-state index < -0.39 is 23.4 Å². The van der Waals surface area contributed by atoms with Gasteiger partial charge >= 0.3 is 6.03 Å². The van der Waals surface area contributed by atoms with Gasteiger partial charge in [0.25, 0.3) is 0 Å². The van der Waals surface area contributed by atoms with Crippen LogP contribution < -0.4 is 10.2 Å². The SMILES string of the molecule is O=C(Nc1c(F)cccc1F)N1CCN(c2ccccc2F)CC1. The van der Waals surface area contributed by atoms with Crippen molar-refractivity contribution < 1.29 is 18.0 Å². The van der Waals surface area contributed by atoms with E-state index in [4.69, 9.17) is 0 Å². The lowest BCUT2D eigenvalue weighted by molar-refractivity contribution is 0.208. The van der Waals surface area contributed by atoms with Crippen LogP contribution in [0.5, 0.6) is 0 Å². The minimum absolute atomic E-state index is 0.316. The predicted octanol–water partition coefficient (Wildman–Crippen LogP) is 3.46. The fourth-order valence-electron chi connectivity index (χ4n) is 2.66. The third kappa shape index (κ3) is 3.29. The second-order valence-electron chi connectivity index (χ2n) is 5.45. The molecule has 3 rings (SSSR count). The highest BCUT2D eigenvalue weighted by Crippen LogP contribution is 2.21. The van der Waals surface area contributed by atoms with Gasteiger partial charge < -0.3 is 15.1 Å². The smallest absolute Gasteiger partial charge is 0.322 e. The van der Waals surface area contributed by atoms with Crippen molar-refractivity contribution in [2.24, 2.45) is 0 Å². The first-order valence-corrected chi connectivity index (χ1v) is 7.55. The molecule has 0 bridgehead atoms. The molecule has 2 amide bonds. The number of nitrogens with zero attached hydrogens (tertiary/aromatic N) is 2. The molecular weight excluding hydrogens is 319 g/mol. The summed E-state index contributed by atoms with van der Waals surface area (Å²) in [5.41, 5.74) is 0.0248. The molecule has 2 aromatic rings. The van der Waals surface area contributed by atoms with E-state index >= 15 is 0 Å². The fraction of sp³-hybridized carbons (Fsp3) is 0.235. The highest BCUT2D eigenvalue weighted by Gasteiger charge is 2.24. The van der Waals surface area contributed by atoms with Crippen LogP contribution in [0, 0.1) is 17.5 Å². The maximum absolute atomic E-state index is 13.8. The fourth-order valence-corrected chi connectivity index (χ4v) is 2.66.